The summed E-state index contributed by atoms with van der Waals surface area (Å²) in [5, 5.41) is 0. The summed E-state index contributed by atoms with van der Waals surface area (Å²) in [6, 6.07) is 13.2. The van der Waals surface area contributed by atoms with Crippen molar-refractivity contribution in [2.45, 2.75) is 20.5 Å². The fraction of sp³-hybridized carbons (Fsp3) is 0.391. The Kier molecular flexibility index (Phi) is 7.17. The number of nitrogens with zero attached hydrogens (tertiary/aromatic N) is 2. The Bertz CT molecular complexity index is 874. The highest BCUT2D eigenvalue weighted by Crippen LogP contribution is 2.23. The quantitative estimate of drug-likeness (QED) is 0.726. The normalized spacial score (nSPS) is 13.7. The highest BCUT2D eigenvalue weighted by atomic mass is 16.6. The second kappa shape index (κ2) is 10.0. The molecule has 1 saturated heterocycles. The number of amides is 2. The Morgan fingerprint density at radius 3 is 2.27 bits per heavy atom. The molecule has 0 radical (unpaired) electrons. The minimum Gasteiger partial charge on any atom is -0.496 e. The molecule has 0 atom stereocenters. The first kappa shape index (κ1) is 21.5. The maximum Gasteiger partial charge on any atom is 0.409 e. The van der Waals surface area contributed by atoms with Crippen LogP contribution in [0.5, 0.6) is 11.5 Å². The van der Waals surface area contributed by atoms with Gasteiger partial charge in [-0.2, -0.15) is 0 Å². The Labute approximate surface area is 177 Å². The molecule has 2 aromatic rings. The summed E-state index contributed by atoms with van der Waals surface area (Å²) < 4.78 is 16.3. The van der Waals surface area contributed by atoms with E-state index in [1.807, 2.05) is 37.3 Å². The van der Waals surface area contributed by atoms with Crippen molar-refractivity contribution in [1.29, 1.82) is 0 Å². The number of carbonyl (C=O) groups is 2. The van der Waals surface area contributed by atoms with Crippen LogP contribution in [0.2, 0.25) is 0 Å². The predicted molar refractivity (Wildman–Crippen MR) is 113 cm³/mol. The summed E-state index contributed by atoms with van der Waals surface area (Å²) in [7, 11) is 1.60. The number of rotatable bonds is 6. The predicted octanol–water partition coefficient (Wildman–Crippen LogP) is 3.50. The molecule has 0 spiro atoms. The zero-order valence-electron chi connectivity index (χ0n) is 17.7. The first-order valence-electron chi connectivity index (χ1n) is 10.1. The minimum absolute atomic E-state index is 0.0715. The third-order valence-corrected chi connectivity index (χ3v) is 5.04. The van der Waals surface area contributed by atoms with E-state index in [4.69, 9.17) is 14.2 Å². The van der Waals surface area contributed by atoms with Gasteiger partial charge in [0.15, 0.2) is 0 Å². The number of methoxy groups -OCH3 is 1. The van der Waals surface area contributed by atoms with Gasteiger partial charge in [-0.25, -0.2) is 4.79 Å². The maximum absolute atomic E-state index is 13.0. The van der Waals surface area contributed by atoms with Gasteiger partial charge in [-0.15, -0.1) is 0 Å². The Morgan fingerprint density at radius 2 is 1.63 bits per heavy atom. The molecule has 0 aliphatic carbocycles. The van der Waals surface area contributed by atoms with E-state index in [-0.39, 0.29) is 12.0 Å². The average Bonchev–Trinajstić information content (AvgIpc) is 2.78. The Hall–Kier alpha value is -3.22. The highest BCUT2D eigenvalue weighted by molar-refractivity contribution is 5.94. The van der Waals surface area contributed by atoms with Gasteiger partial charge >= 0.3 is 6.09 Å². The van der Waals surface area contributed by atoms with Gasteiger partial charge in [0.2, 0.25) is 0 Å². The van der Waals surface area contributed by atoms with E-state index in [1.165, 1.54) is 0 Å². The molecular weight excluding hydrogens is 384 g/mol. The molecule has 1 fully saturated rings. The van der Waals surface area contributed by atoms with Gasteiger partial charge in [-0.1, -0.05) is 17.7 Å². The molecule has 160 valence electrons. The van der Waals surface area contributed by atoms with Crippen LogP contribution in [-0.4, -0.2) is 61.7 Å². The van der Waals surface area contributed by atoms with E-state index in [0.29, 0.717) is 50.7 Å². The summed E-state index contributed by atoms with van der Waals surface area (Å²) in [5.41, 5.74) is 2.53. The van der Waals surface area contributed by atoms with E-state index < -0.39 is 0 Å². The molecule has 7 nitrogen and oxygen atoms in total. The van der Waals surface area contributed by atoms with E-state index in [1.54, 1.807) is 36.0 Å². The summed E-state index contributed by atoms with van der Waals surface area (Å²) in [4.78, 5) is 28.2. The van der Waals surface area contributed by atoms with Gasteiger partial charge in [0.1, 0.15) is 18.1 Å². The van der Waals surface area contributed by atoms with Crippen LogP contribution in [0.15, 0.2) is 42.5 Å². The van der Waals surface area contributed by atoms with Crippen LogP contribution in [0, 0.1) is 6.92 Å². The Balaban J connectivity index is 1.65. The van der Waals surface area contributed by atoms with Gasteiger partial charge in [0, 0.05) is 37.3 Å². The van der Waals surface area contributed by atoms with E-state index in [9.17, 15) is 9.59 Å². The van der Waals surface area contributed by atoms with Crippen LogP contribution in [0.4, 0.5) is 4.79 Å². The lowest BCUT2D eigenvalue weighted by Gasteiger charge is -2.34. The van der Waals surface area contributed by atoms with Crippen molar-refractivity contribution in [3.8, 4) is 11.5 Å². The lowest BCUT2D eigenvalue weighted by Crippen LogP contribution is -2.50. The first-order valence-corrected chi connectivity index (χ1v) is 10.1. The largest absolute Gasteiger partial charge is 0.496 e. The number of aryl methyl sites for hydroxylation is 1. The molecule has 0 N–H and O–H groups in total. The van der Waals surface area contributed by atoms with Crippen molar-refractivity contribution in [3.63, 3.8) is 0 Å². The molecular formula is C23H28N2O5. The van der Waals surface area contributed by atoms with Crippen molar-refractivity contribution >= 4 is 12.0 Å². The Morgan fingerprint density at radius 1 is 0.967 bits per heavy atom. The van der Waals surface area contributed by atoms with Crippen LogP contribution in [0.25, 0.3) is 0 Å². The van der Waals surface area contributed by atoms with Crippen molar-refractivity contribution in [2.24, 2.45) is 0 Å². The third kappa shape index (κ3) is 5.23. The molecule has 1 heterocycles. The van der Waals surface area contributed by atoms with E-state index in [2.05, 4.69) is 0 Å². The van der Waals surface area contributed by atoms with Crippen molar-refractivity contribution in [1.82, 2.24) is 9.80 Å². The van der Waals surface area contributed by atoms with Crippen LogP contribution < -0.4 is 9.47 Å². The highest BCUT2D eigenvalue weighted by Gasteiger charge is 2.26. The minimum atomic E-state index is -0.329. The zero-order chi connectivity index (χ0) is 21.5. The summed E-state index contributed by atoms with van der Waals surface area (Å²) >= 11 is 0. The molecule has 0 unspecified atom stereocenters. The standard InChI is InChI=1S/C23H28N2O5/c1-4-29-23(27)25-13-11-24(12-14-25)22(26)18-7-10-21(28-3)19(15-18)16-30-20-8-5-17(2)6-9-20/h5-10,15H,4,11-14,16H2,1-3H3. The number of hydrogen-bond acceptors (Lipinski definition) is 5. The van der Waals surface area contributed by atoms with Crippen LogP contribution in [0.1, 0.15) is 28.4 Å². The number of hydrogen-bond donors (Lipinski definition) is 0. The third-order valence-electron chi connectivity index (χ3n) is 5.04. The van der Waals surface area contributed by atoms with Gasteiger partial charge in [0.25, 0.3) is 5.91 Å². The van der Waals surface area contributed by atoms with Gasteiger partial charge in [0.05, 0.1) is 13.7 Å². The number of benzene rings is 2. The fourth-order valence-corrected chi connectivity index (χ4v) is 3.31. The lowest BCUT2D eigenvalue weighted by atomic mass is 10.1. The maximum atomic E-state index is 13.0. The van der Waals surface area contributed by atoms with Gasteiger partial charge < -0.3 is 24.0 Å². The second-order valence-corrected chi connectivity index (χ2v) is 7.11. The molecule has 7 heteroatoms. The van der Waals surface area contributed by atoms with Crippen LogP contribution in [-0.2, 0) is 11.3 Å². The summed E-state index contributed by atoms with van der Waals surface area (Å²) in [6.45, 7) is 6.31. The molecule has 0 aromatic heterocycles. The smallest absolute Gasteiger partial charge is 0.409 e. The van der Waals surface area contributed by atoms with Crippen molar-refractivity contribution in [2.75, 3.05) is 39.9 Å². The summed E-state index contributed by atoms with van der Waals surface area (Å²) in [5.74, 6) is 1.36. The number of carbonyl (C=O) groups excluding carboxylic acids is 2. The van der Waals surface area contributed by atoms with Gasteiger partial charge in [-0.05, 0) is 44.2 Å². The molecule has 0 bridgehead atoms. The molecule has 1 aliphatic rings. The van der Waals surface area contributed by atoms with Crippen LogP contribution in [0.3, 0.4) is 0 Å². The van der Waals surface area contributed by atoms with Crippen molar-refractivity contribution in [3.05, 3.63) is 59.2 Å². The lowest BCUT2D eigenvalue weighted by molar-refractivity contribution is 0.0570. The fourth-order valence-electron chi connectivity index (χ4n) is 3.31. The van der Waals surface area contributed by atoms with Gasteiger partial charge in [-0.3, -0.25) is 4.79 Å². The summed E-state index contributed by atoms with van der Waals surface area (Å²) in [6.07, 6.45) is -0.329. The van der Waals surface area contributed by atoms with E-state index >= 15 is 0 Å². The molecule has 3 rings (SSSR count). The molecule has 0 saturated carbocycles. The first-order chi connectivity index (χ1) is 14.5. The molecule has 1 aliphatic heterocycles. The molecule has 2 amide bonds. The number of piperazine rings is 1. The van der Waals surface area contributed by atoms with Crippen LogP contribution >= 0.6 is 0 Å². The zero-order valence-corrected chi connectivity index (χ0v) is 17.7. The average molecular weight is 412 g/mol. The number of ether oxygens (including phenoxy) is 3. The second-order valence-electron chi connectivity index (χ2n) is 7.11. The molecule has 30 heavy (non-hydrogen) atoms. The SMILES string of the molecule is CCOC(=O)N1CCN(C(=O)c2ccc(OC)c(COc3ccc(C)cc3)c2)CC1. The van der Waals surface area contributed by atoms with Crippen molar-refractivity contribution < 1.29 is 23.8 Å². The monoisotopic (exact) mass is 412 g/mol. The van der Waals surface area contributed by atoms with E-state index in [0.717, 1.165) is 16.9 Å². The molecule has 2 aromatic carbocycles. The topological polar surface area (TPSA) is 68.3 Å².